The van der Waals surface area contributed by atoms with Gasteiger partial charge in [0.15, 0.2) is 14.8 Å². The molecule has 2 rings (SSSR count). The smallest absolute Gasteiger partial charge is 0.305 e. The van der Waals surface area contributed by atoms with Crippen molar-refractivity contribution in [1.29, 1.82) is 0 Å². The van der Waals surface area contributed by atoms with Crippen LogP contribution in [0.3, 0.4) is 0 Å². The maximum atomic E-state index is 11.7. The van der Waals surface area contributed by atoms with Crippen LogP contribution in [-0.4, -0.2) is 39.6 Å². The summed E-state index contributed by atoms with van der Waals surface area (Å²) in [6.45, 7) is 0.332. The summed E-state index contributed by atoms with van der Waals surface area (Å²) in [5.41, 5.74) is 1.10. The first kappa shape index (κ1) is 18.9. The highest BCUT2D eigenvalue weighted by Crippen LogP contribution is 2.39. The van der Waals surface area contributed by atoms with E-state index in [4.69, 9.17) is 0 Å². The minimum absolute atomic E-state index is 0.0454. The molecular weight excluding hydrogens is 366 g/mol. The van der Waals surface area contributed by atoms with Crippen LogP contribution < -0.4 is 10.2 Å². The summed E-state index contributed by atoms with van der Waals surface area (Å²) in [5, 5.41) is 14.0. The number of hydrogen-bond acceptors (Lipinski definition) is 7. The molecule has 0 aliphatic rings. The van der Waals surface area contributed by atoms with E-state index < -0.39 is 14.8 Å². The number of nitro groups is 1. The van der Waals surface area contributed by atoms with Gasteiger partial charge in [0.2, 0.25) is 0 Å². The molecule has 0 saturated carbocycles. The molecule has 0 spiro atoms. The van der Waals surface area contributed by atoms with Gasteiger partial charge in [0, 0.05) is 38.5 Å². The van der Waals surface area contributed by atoms with Gasteiger partial charge in [-0.3, -0.25) is 14.9 Å². The molecule has 0 bridgehead atoms. The lowest BCUT2D eigenvalue weighted by molar-refractivity contribution is -0.383. The summed E-state index contributed by atoms with van der Waals surface area (Å²) in [6, 6.07) is 7.90. The summed E-state index contributed by atoms with van der Waals surface area (Å²) in [7, 11) is -0.328. The van der Waals surface area contributed by atoms with E-state index in [1.54, 1.807) is 43.3 Å². The quantitative estimate of drug-likeness (QED) is 0.604. The molecule has 0 atom stereocenters. The number of thiophene rings is 1. The molecule has 2 aromatic rings. The van der Waals surface area contributed by atoms with Crippen LogP contribution in [0.25, 0.3) is 0 Å². The second-order valence-corrected chi connectivity index (χ2v) is 8.69. The van der Waals surface area contributed by atoms with Crippen LogP contribution in [0, 0.1) is 10.1 Å². The van der Waals surface area contributed by atoms with Gasteiger partial charge in [0.1, 0.15) is 4.21 Å². The van der Waals surface area contributed by atoms with Crippen molar-refractivity contribution in [3.8, 4) is 0 Å². The Bertz CT molecular complexity index is 904. The van der Waals surface area contributed by atoms with Crippen molar-refractivity contribution in [2.75, 3.05) is 25.3 Å². The average molecular weight is 383 g/mol. The van der Waals surface area contributed by atoms with Gasteiger partial charge in [-0.1, -0.05) is 23.5 Å². The van der Waals surface area contributed by atoms with Crippen LogP contribution in [-0.2, 0) is 16.4 Å². The number of rotatable bonds is 6. The fourth-order valence-corrected chi connectivity index (χ4v) is 4.18. The number of sulfone groups is 1. The standard InChI is InChI=1S/C15H17N3O5S2/c1-16-14(19)11-6-4-10(5-7-11)9-17(2)15-12(18(20)21)8-13(24-15)25(3,22)23/h4-8H,9H2,1-3H3,(H,16,19). The lowest BCUT2D eigenvalue weighted by Crippen LogP contribution is -2.18. The largest absolute Gasteiger partial charge is 0.357 e. The SMILES string of the molecule is CNC(=O)c1ccc(CN(C)c2sc(S(C)(=O)=O)cc2[N+](=O)[O-])cc1. The maximum Gasteiger partial charge on any atom is 0.305 e. The number of anilines is 1. The number of nitrogens with one attached hydrogen (secondary N) is 1. The Balaban J connectivity index is 2.28. The first-order valence-electron chi connectivity index (χ1n) is 7.14. The summed E-state index contributed by atoms with van der Waals surface area (Å²) >= 11 is 0.866. The Morgan fingerprint density at radius 2 is 1.92 bits per heavy atom. The number of carbonyl (C=O) groups is 1. The molecule has 0 radical (unpaired) electrons. The second-order valence-electron chi connectivity index (χ2n) is 5.42. The molecule has 0 unspecified atom stereocenters. The zero-order chi connectivity index (χ0) is 18.8. The van der Waals surface area contributed by atoms with Gasteiger partial charge in [-0.25, -0.2) is 8.42 Å². The van der Waals surface area contributed by atoms with E-state index in [1.807, 2.05) is 0 Å². The molecule has 0 fully saturated rings. The average Bonchev–Trinajstić information content (AvgIpc) is 3.00. The summed E-state index contributed by atoms with van der Waals surface area (Å²) in [5.74, 6) is -0.202. The molecular formula is C15H17N3O5S2. The zero-order valence-electron chi connectivity index (χ0n) is 13.8. The van der Waals surface area contributed by atoms with Gasteiger partial charge in [-0.2, -0.15) is 0 Å². The lowest BCUT2D eigenvalue weighted by atomic mass is 10.1. The highest BCUT2D eigenvalue weighted by atomic mass is 32.2. The van der Waals surface area contributed by atoms with E-state index in [0.29, 0.717) is 12.1 Å². The number of benzene rings is 1. The third-order valence-electron chi connectivity index (χ3n) is 3.44. The fraction of sp³-hybridized carbons (Fsp3) is 0.267. The minimum atomic E-state index is -3.52. The summed E-state index contributed by atoms with van der Waals surface area (Å²) < 4.78 is 23.3. The van der Waals surface area contributed by atoms with Crippen molar-refractivity contribution >= 4 is 37.8 Å². The third kappa shape index (κ3) is 4.34. The Labute approximate surface area is 149 Å². The van der Waals surface area contributed by atoms with Crippen molar-refractivity contribution < 1.29 is 18.1 Å². The monoisotopic (exact) mass is 383 g/mol. The van der Waals surface area contributed by atoms with Crippen molar-refractivity contribution in [1.82, 2.24) is 5.32 Å². The van der Waals surface area contributed by atoms with Gasteiger partial charge in [0.25, 0.3) is 5.91 Å². The number of amides is 1. The van der Waals surface area contributed by atoms with Gasteiger partial charge < -0.3 is 10.2 Å². The van der Waals surface area contributed by atoms with E-state index in [9.17, 15) is 23.3 Å². The van der Waals surface area contributed by atoms with Crippen molar-refractivity contribution in [3.63, 3.8) is 0 Å². The first-order chi connectivity index (χ1) is 11.6. The van der Waals surface area contributed by atoms with Gasteiger partial charge in [0.05, 0.1) is 4.92 Å². The number of hydrogen-bond donors (Lipinski definition) is 1. The molecule has 1 aromatic carbocycles. The topological polar surface area (TPSA) is 110 Å². The van der Waals surface area contributed by atoms with E-state index in [2.05, 4.69) is 5.32 Å². The Morgan fingerprint density at radius 3 is 2.40 bits per heavy atom. The highest BCUT2D eigenvalue weighted by molar-refractivity contribution is 7.92. The van der Waals surface area contributed by atoms with Gasteiger partial charge in [-0.05, 0) is 17.7 Å². The van der Waals surface area contributed by atoms with Gasteiger partial charge in [-0.15, -0.1) is 0 Å². The van der Waals surface area contributed by atoms with E-state index >= 15 is 0 Å². The van der Waals surface area contributed by atoms with Crippen molar-refractivity contribution in [2.24, 2.45) is 0 Å². The zero-order valence-corrected chi connectivity index (χ0v) is 15.5. The minimum Gasteiger partial charge on any atom is -0.357 e. The Morgan fingerprint density at radius 1 is 1.32 bits per heavy atom. The fourth-order valence-electron chi connectivity index (χ4n) is 2.19. The van der Waals surface area contributed by atoms with Crippen LogP contribution in [0.15, 0.2) is 34.5 Å². The predicted octanol–water partition coefficient (Wildman–Crippen LogP) is 2.06. The van der Waals surface area contributed by atoms with Crippen LogP contribution >= 0.6 is 11.3 Å². The van der Waals surface area contributed by atoms with Crippen molar-refractivity contribution in [2.45, 2.75) is 10.8 Å². The highest BCUT2D eigenvalue weighted by Gasteiger charge is 2.26. The number of carbonyl (C=O) groups excluding carboxylic acids is 1. The molecule has 0 aliphatic carbocycles. The van der Waals surface area contributed by atoms with Gasteiger partial charge >= 0.3 is 5.69 Å². The summed E-state index contributed by atoms with van der Waals surface area (Å²) in [6.07, 6.45) is 1.02. The van der Waals surface area contributed by atoms with Crippen LogP contribution in [0.1, 0.15) is 15.9 Å². The molecule has 134 valence electrons. The molecule has 1 heterocycles. The normalized spacial score (nSPS) is 11.2. The predicted molar refractivity (Wildman–Crippen MR) is 96.0 cm³/mol. The van der Waals surface area contributed by atoms with E-state index in [-0.39, 0.29) is 20.8 Å². The van der Waals surface area contributed by atoms with E-state index in [1.165, 1.54) is 0 Å². The lowest BCUT2D eigenvalue weighted by Gasteiger charge is -2.16. The van der Waals surface area contributed by atoms with Crippen LogP contribution in [0.4, 0.5) is 10.7 Å². The molecule has 1 amide bonds. The van der Waals surface area contributed by atoms with Crippen LogP contribution in [0.2, 0.25) is 0 Å². The third-order valence-corrected chi connectivity index (χ3v) is 6.48. The first-order valence-corrected chi connectivity index (χ1v) is 9.84. The molecule has 10 heteroatoms. The molecule has 8 nitrogen and oxygen atoms in total. The molecule has 1 N–H and O–H groups in total. The molecule has 1 aromatic heterocycles. The molecule has 0 saturated heterocycles. The number of nitrogens with zero attached hydrogens (tertiary/aromatic N) is 2. The molecule has 25 heavy (non-hydrogen) atoms. The van der Waals surface area contributed by atoms with E-state index in [0.717, 1.165) is 29.2 Å². The Kier molecular flexibility index (Phi) is 5.43. The second kappa shape index (κ2) is 7.19. The molecule has 0 aliphatic heterocycles. The van der Waals surface area contributed by atoms with Crippen LogP contribution in [0.5, 0.6) is 0 Å². The maximum absolute atomic E-state index is 11.7. The Hall–Kier alpha value is -2.46. The summed E-state index contributed by atoms with van der Waals surface area (Å²) in [4.78, 5) is 23.8. The van der Waals surface area contributed by atoms with Crippen molar-refractivity contribution in [3.05, 3.63) is 51.6 Å².